The summed E-state index contributed by atoms with van der Waals surface area (Å²) >= 11 is 3.48. The molecule has 0 spiro atoms. The van der Waals surface area contributed by atoms with Gasteiger partial charge in [0.25, 0.3) is 0 Å². The summed E-state index contributed by atoms with van der Waals surface area (Å²) in [5.41, 5.74) is 4.11. The maximum Gasteiger partial charge on any atom is 0.244 e. The molecule has 2 aromatic carbocycles. The fraction of sp³-hybridized carbons (Fsp3) is 0.300. The van der Waals surface area contributed by atoms with E-state index >= 15 is 0 Å². The van der Waals surface area contributed by atoms with Crippen LogP contribution in [0.4, 0.5) is 0 Å². The van der Waals surface area contributed by atoms with E-state index < -0.39 is 0 Å². The lowest BCUT2D eigenvalue weighted by Gasteiger charge is -2.13. The van der Waals surface area contributed by atoms with Crippen LogP contribution in [0.15, 0.2) is 39.9 Å². The van der Waals surface area contributed by atoms with Gasteiger partial charge >= 0.3 is 0 Å². The Balaban J connectivity index is 1.62. The van der Waals surface area contributed by atoms with Gasteiger partial charge in [-0.25, -0.2) is 5.43 Å². The summed E-state index contributed by atoms with van der Waals surface area (Å²) in [5.74, 6) is 2.37. The SMILES string of the molecule is CCOc1cc(/C=N\NC(=O)Cc2ccc3c(c2)OCO3)cc(Br)c1OCC. The molecule has 0 aromatic heterocycles. The van der Waals surface area contributed by atoms with Crippen molar-refractivity contribution in [3.63, 3.8) is 0 Å². The number of benzene rings is 2. The van der Waals surface area contributed by atoms with E-state index in [1.54, 1.807) is 18.3 Å². The summed E-state index contributed by atoms with van der Waals surface area (Å²) in [6.45, 7) is 5.06. The van der Waals surface area contributed by atoms with E-state index in [0.29, 0.717) is 36.2 Å². The minimum atomic E-state index is -0.231. The predicted octanol–water partition coefficient (Wildman–Crippen LogP) is 3.67. The van der Waals surface area contributed by atoms with Crippen LogP contribution in [-0.2, 0) is 11.2 Å². The molecule has 1 aliphatic heterocycles. The second-order valence-corrected chi connectivity index (χ2v) is 6.71. The van der Waals surface area contributed by atoms with Crippen LogP contribution in [0.5, 0.6) is 23.0 Å². The Bertz CT molecular complexity index is 885. The van der Waals surface area contributed by atoms with Gasteiger partial charge in [0.15, 0.2) is 23.0 Å². The van der Waals surface area contributed by atoms with Gasteiger partial charge in [-0.15, -0.1) is 0 Å². The van der Waals surface area contributed by atoms with E-state index in [-0.39, 0.29) is 19.1 Å². The molecule has 1 heterocycles. The molecular formula is C20H21BrN2O5. The number of nitrogens with one attached hydrogen (secondary N) is 1. The zero-order chi connectivity index (χ0) is 19.9. The molecular weight excluding hydrogens is 428 g/mol. The van der Waals surface area contributed by atoms with E-state index in [9.17, 15) is 4.79 Å². The van der Waals surface area contributed by atoms with E-state index in [0.717, 1.165) is 15.6 Å². The third kappa shape index (κ3) is 4.95. The van der Waals surface area contributed by atoms with E-state index in [1.165, 1.54) is 0 Å². The maximum atomic E-state index is 12.1. The van der Waals surface area contributed by atoms with Gasteiger partial charge in [-0.1, -0.05) is 6.07 Å². The van der Waals surface area contributed by atoms with Gasteiger partial charge in [-0.2, -0.15) is 5.10 Å². The molecule has 1 N–H and O–H groups in total. The van der Waals surface area contributed by atoms with Gasteiger partial charge in [0.1, 0.15) is 0 Å². The molecule has 148 valence electrons. The van der Waals surface area contributed by atoms with Crippen molar-refractivity contribution in [3.05, 3.63) is 45.9 Å². The minimum Gasteiger partial charge on any atom is -0.490 e. The summed E-state index contributed by atoms with van der Waals surface area (Å²) < 4.78 is 22.6. The molecule has 0 aliphatic carbocycles. The predicted molar refractivity (Wildman–Crippen MR) is 108 cm³/mol. The highest BCUT2D eigenvalue weighted by Gasteiger charge is 2.14. The number of hydrazone groups is 1. The molecule has 28 heavy (non-hydrogen) atoms. The number of hydrogen-bond donors (Lipinski definition) is 1. The first-order valence-electron chi connectivity index (χ1n) is 8.90. The quantitative estimate of drug-likeness (QED) is 0.492. The van der Waals surface area contributed by atoms with Crippen molar-refractivity contribution in [3.8, 4) is 23.0 Å². The molecule has 0 bridgehead atoms. The Kier molecular flexibility index (Phi) is 6.76. The smallest absolute Gasteiger partial charge is 0.244 e. The van der Waals surface area contributed by atoms with Gasteiger partial charge in [-0.05, 0) is 65.2 Å². The molecule has 8 heteroatoms. The van der Waals surface area contributed by atoms with Gasteiger partial charge in [0, 0.05) is 0 Å². The number of rotatable bonds is 8. The molecule has 1 aliphatic rings. The number of fused-ring (bicyclic) bond motifs is 1. The summed E-state index contributed by atoms with van der Waals surface area (Å²) in [6.07, 6.45) is 1.74. The summed E-state index contributed by atoms with van der Waals surface area (Å²) in [6, 6.07) is 9.08. The third-order valence-electron chi connectivity index (χ3n) is 3.82. The van der Waals surface area contributed by atoms with Crippen LogP contribution in [0.2, 0.25) is 0 Å². The van der Waals surface area contributed by atoms with E-state index in [4.69, 9.17) is 18.9 Å². The number of hydrogen-bond acceptors (Lipinski definition) is 6. The zero-order valence-electron chi connectivity index (χ0n) is 15.7. The van der Waals surface area contributed by atoms with Crippen molar-refractivity contribution in [1.29, 1.82) is 0 Å². The Morgan fingerprint density at radius 3 is 2.75 bits per heavy atom. The first kappa shape index (κ1) is 20.0. The lowest BCUT2D eigenvalue weighted by Crippen LogP contribution is -2.19. The van der Waals surface area contributed by atoms with Crippen LogP contribution in [-0.4, -0.2) is 32.1 Å². The molecule has 0 unspecified atom stereocenters. The van der Waals surface area contributed by atoms with Crippen LogP contribution in [0.3, 0.4) is 0 Å². The second-order valence-electron chi connectivity index (χ2n) is 5.85. The summed E-state index contributed by atoms with van der Waals surface area (Å²) in [7, 11) is 0. The van der Waals surface area contributed by atoms with Crippen LogP contribution in [0.25, 0.3) is 0 Å². The largest absolute Gasteiger partial charge is 0.490 e. The average Bonchev–Trinajstić information content (AvgIpc) is 3.12. The molecule has 0 atom stereocenters. The minimum absolute atomic E-state index is 0.186. The second kappa shape index (κ2) is 9.45. The average molecular weight is 449 g/mol. The van der Waals surface area contributed by atoms with Gasteiger partial charge in [0.05, 0.1) is 30.3 Å². The number of carbonyl (C=O) groups is 1. The third-order valence-corrected chi connectivity index (χ3v) is 4.41. The highest BCUT2D eigenvalue weighted by molar-refractivity contribution is 9.10. The Morgan fingerprint density at radius 1 is 1.18 bits per heavy atom. The van der Waals surface area contributed by atoms with E-state index in [1.807, 2.05) is 32.0 Å². The Morgan fingerprint density at radius 2 is 1.96 bits per heavy atom. The van der Waals surface area contributed by atoms with Crippen LogP contribution >= 0.6 is 15.9 Å². The van der Waals surface area contributed by atoms with Crippen molar-refractivity contribution >= 4 is 28.1 Å². The van der Waals surface area contributed by atoms with Crippen molar-refractivity contribution in [2.24, 2.45) is 5.10 Å². The van der Waals surface area contributed by atoms with Crippen LogP contribution in [0, 0.1) is 0 Å². The molecule has 3 rings (SSSR count). The first-order chi connectivity index (χ1) is 13.6. The maximum absolute atomic E-state index is 12.1. The van der Waals surface area contributed by atoms with Crippen LogP contribution in [0.1, 0.15) is 25.0 Å². The van der Waals surface area contributed by atoms with Gasteiger partial charge in [-0.3, -0.25) is 4.79 Å². The molecule has 7 nitrogen and oxygen atoms in total. The molecule has 1 amide bonds. The van der Waals surface area contributed by atoms with Crippen molar-refractivity contribution in [1.82, 2.24) is 5.43 Å². The highest BCUT2D eigenvalue weighted by atomic mass is 79.9. The number of nitrogens with zero attached hydrogens (tertiary/aromatic N) is 1. The zero-order valence-corrected chi connectivity index (χ0v) is 17.2. The van der Waals surface area contributed by atoms with Crippen molar-refractivity contribution < 1.29 is 23.7 Å². The number of carbonyl (C=O) groups excluding carboxylic acids is 1. The fourth-order valence-corrected chi connectivity index (χ4v) is 3.24. The van der Waals surface area contributed by atoms with Crippen molar-refractivity contribution in [2.75, 3.05) is 20.0 Å². The van der Waals surface area contributed by atoms with Gasteiger partial charge < -0.3 is 18.9 Å². The number of ether oxygens (including phenoxy) is 4. The van der Waals surface area contributed by atoms with Gasteiger partial charge in [0.2, 0.25) is 12.7 Å². The molecule has 0 saturated heterocycles. The Hall–Kier alpha value is -2.74. The normalized spacial score (nSPS) is 12.2. The number of halogens is 1. The monoisotopic (exact) mass is 448 g/mol. The molecule has 0 fully saturated rings. The fourth-order valence-electron chi connectivity index (χ4n) is 2.66. The Labute approximate surface area is 171 Å². The van der Waals surface area contributed by atoms with E-state index in [2.05, 4.69) is 26.5 Å². The summed E-state index contributed by atoms with van der Waals surface area (Å²) in [5, 5.41) is 4.03. The highest BCUT2D eigenvalue weighted by Crippen LogP contribution is 2.36. The topological polar surface area (TPSA) is 78.4 Å². The lowest BCUT2D eigenvalue weighted by molar-refractivity contribution is -0.120. The van der Waals surface area contributed by atoms with Crippen LogP contribution < -0.4 is 24.4 Å². The molecule has 2 aromatic rings. The lowest BCUT2D eigenvalue weighted by atomic mass is 10.1. The molecule has 0 saturated carbocycles. The summed E-state index contributed by atoms with van der Waals surface area (Å²) in [4.78, 5) is 12.1. The van der Waals surface area contributed by atoms with Crippen molar-refractivity contribution in [2.45, 2.75) is 20.3 Å². The molecule has 0 radical (unpaired) electrons. The first-order valence-corrected chi connectivity index (χ1v) is 9.69. The number of amides is 1. The standard InChI is InChI=1S/C20H21BrN2O5/c1-3-25-18-9-14(7-15(21)20(18)26-4-2)11-22-23-19(24)10-13-5-6-16-17(8-13)28-12-27-16/h5-9,11H,3-4,10,12H2,1-2H3,(H,23,24)/b22-11-.